The molecule has 0 bridgehead atoms. The lowest BCUT2D eigenvalue weighted by Gasteiger charge is -2.72. The van der Waals surface area contributed by atoms with E-state index in [2.05, 4.69) is 40.7 Å². The molecular formula is C57H88O22. The second-order valence-corrected chi connectivity index (χ2v) is 26.0. The first-order valence-corrected chi connectivity index (χ1v) is 28.0. The highest BCUT2D eigenvalue weighted by Gasteiger charge is 2.74. The smallest absolute Gasteiger partial charge is 0.335 e. The Kier molecular flexibility index (Phi) is 17.7. The van der Waals surface area contributed by atoms with E-state index in [1.165, 1.54) is 0 Å². The van der Waals surface area contributed by atoms with Gasteiger partial charge in [-0.15, -0.1) is 0 Å². The first-order chi connectivity index (χ1) is 36.9. The summed E-state index contributed by atoms with van der Waals surface area (Å²) in [6.45, 7) is 19.6. The van der Waals surface area contributed by atoms with E-state index in [1.807, 2.05) is 13.8 Å². The number of rotatable bonds is 13. The van der Waals surface area contributed by atoms with Crippen LogP contribution >= 0.6 is 0 Å². The van der Waals surface area contributed by atoms with Gasteiger partial charge in [0.05, 0.1) is 37.4 Å². The lowest BCUT2D eigenvalue weighted by molar-refractivity contribution is -0.392. The van der Waals surface area contributed by atoms with Gasteiger partial charge in [0, 0.05) is 16.6 Å². The first-order valence-electron chi connectivity index (χ1n) is 28.0. The Balaban J connectivity index is 1.12. The lowest BCUT2D eigenvalue weighted by Crippen LogP contribution is -2.72. The fraction of sp³-hybridized carbons (Fsp3) is 0.842. The Bertz CT molecular complexity index is 2350. The molecule has 448 valence electrons. The summed E-state index contributed by atoms with van der Waals surface area (Å²) in [5, 5.41) is 121. The number of ether oxygens (including phenoxy) is 8. The van der Waals surface area contributed by atoms with Crippen LogP contribution in [0.2, 0.25) is 0 Å². The molecule has 79 heavy (non-hydrogen) atoms. The van der Waals surface area contributed by atoms with Gasteiger partial charge in [0.25, 0.3) is 0 Å². The maximum atomic E-state index is 13.8. The first kappa shape index (κ1) is 62.0. The highest BCUT2D eigenvalue weighted by Crippen LogP contribution is 2.76. The molecule has 7 fully saturated rings. The molecule has 0 radical (unpaired) electrons. The lowest BCUT2D eigenvalue weighted by atomic mass is 9.33. The zero-order valence-corrected chi connectivity index (χ0v) is 47.3. The average molecular weight is 1130 g/mol. The highest BCUT2D eigenvalue weighted by molar-refractivity contribution is 5.89. The monoisotopic (exact) mass is 1120 g/mol. The van der Waals surface area contributed by atoms with Gasteiger partial charge in [-0.2, -0.15) is 0 Å². The molecule has 8 rings (SSSR count). The van der Waals surface area contributed by atoms with Crippen molar-refractivity contribution in [1.82, 2.24) is 0 Å². The minimum atomic E-state index is -2.10. The molecule has 22 heteroatoms. The normalized spacial score (nSPS) is 48.7. The van der Waals surface area contributed by atoms with Gasteiger partial charge in [-0.05, 0) is 112 Å². The van der Waals surface area contributed by atoms with Crippen LogP contribution in [-0.4, -0.2) is 204 Å². The van der Waals surface area contributed by atoms with E-state index < -0.39 is 181 Å². The van der Waals surface area contributed by atoms with E-state index in [-0.39, 0.29) is 23.7 Å². The van der Waals surface area contributed by atoms with E-state index in [0.29, 0.717) is 49.7 Å². The van der Waals surface area contributed by atoms with Gasteiger partial charge in [-0.1, -0.05) is 72.3 Å². The summed E-state index contributed by atoms with van der Waals surface area (Å²) in [6, 6.07) is 0. The van der Waals surface area contributed by atoms with Crippen LogP contribution in [0.25, 0.3) is 0 Å². The van der Waals surface area contributed by atoms with Crippen LogP contribution in [0, 0.1) is 50.2 Å². The van der Waals surface area contributed by atoms with Crippen molar-refractivity contribution >= 4 is 17.9 Å². The van der Waals surface area contributed by atoms with E-state index in [9.17, 15) is 70.6 Å². The Labute approximate surface area is 461 Å². The number of aliphatic hydroxyl groups is 10. The molecular weight excluding hydrogens is 1040 g/mol. The Morgan fingerprint density at radius 2 is 1.29 bits per heavy atom. The maximum absolute atomic E-state index is 13.8. The second kappa shape index (κ2) is 22.5. The number of carbonyl (C=O) groups excluding carboxylic acids is 2. The fourth-order valence-electron chi connectivity index (χ4n) is 16.1. The predicted octanol–water partition coefficient (Wildman–Crippen LogP) is 1.29. The zero-order valence-electron chi connectivity index (χ0n) is 47.3. The van der Waals surface area contributed by atoms with Crippen LogP contribution in [0.4, 0.5) is 0 Å². The van der Waals surface area contributed by atoms with E-state index in [1.54, 1.807) is 39.8 Å². The van der Waals surface area contributed by atoms with Gasteiger partial charge in [-0.3, -0.25) is 0 Å². The Hall–Kier alpha value is -3.01. The second-order valence-electron chi connectivity index (χ2n) is 26.0. The number of carbonyl (C=O) groups is 3. The molecule has 4 saturated carbocycles. The number of aliphatic hydroxyl groups excluding tert-OH is 10. The third kappa shape index (κ3) is 10.1. The molecule has 3 aliphatic heterocycles. The van der Waals surface area contributed by atoms with Crippen LogP contribution in [0.5, 0.6) is 0 Å². The molecule has 5 aliphatic carbocycles. The molecule has 8 unspecified atom stereocenters. The predicted molar refractivity (Wildman–Crippen MR) is 275 cm³/mol. The van der Waals surface area contributed by atoms with Crippen LogP contribution in [0.15, 0.2) is 34.9 Å². The molecule has 25 atom stereocenters. The van der Waals surface area contributed by atoms with Crippen molar-refractivity contribution in [3.8, 4) is 0 Å². The molecule has 0 aromatic rings. The summed E-state index contributed by atoms with van der Waals surface area (Å²) in [5.74, 6) is -3.40. The van der Waals surface area contributed by atoms with Gasteiger partial charge in [0.2, 0.25) is 0 Å². The van der Waals surface area contributed by atoms with Crippen molar-refractivity contribution in [3.05, 3.63) is 34.9 Å². The zero-order chi connectivity index (χ0) is 58.4. The number of carboxylic acids is 1. The molecule has 0 aromatic heterocycles. The molecule has 22 nitrogen and oxygen atoms in total. The van der Waals surface area contributed by atoms with E-state index in [0.717, 1.165) is 5.57 Å². The minimum absolute atomic E-state index is 0.0231. The topological polar surface area (TPSA) is 348 Å². The van der Waals surface area contributed by atoms with Crippen molar-refractivity contribution in [1.29, 1.82) is 0 Å². The largest absolute Gasteiger partial charge is 0.479 e. The van der Waals surface area contributed by atoms with Gasteiger partial charge in [0.1, 0.15) is 67.1 Å². The third-order valence-electron chi connectivity index (χ3n) is 21.2. The summed E-state index contributed by atoms with van der Waals surface area (Å²) in [7, 11) is 0. The standard InChI is InChI=1S/C57H88O22/c1-12-25(3)47(70)78-44-45(79-48(71)26(4)13-2)57(24-59)28(20-52(44,5)6)27-14-15-32-54(9)18-17-34(53(7,8)31(54)16-19-55(32,10)56(27,11)21-33(57)61)74-51-43(77-50-39(66)37(64)36(63)30(22-58)73-50)41(40(67)42(76-51)46(68)69)75-49-38(65)35(62)29(60)23-72-49/h12-14,28-45,49-51,58-67H,15-24H2,1-11H3,(H,68,69)/t28?,29-,30?,31?,32?,33-,34+,35-,36+,37-,38?,39?,40+,41-,42?,43?,44+,45+,49+,50+,51-,54+,55-,56-,57+/m1/s1. The van der Waals surface area contributed by atoms with Crippen molar-refractivity contribution < 1.29 is 108 Å². The average Bonchev–Trinajstić information content (AvgIpc) is 3.49. The summed E-state index contributed by atoms with van der Waals surface area (Å²) < 4.78 is 49.1. The molecule has 11 N–H and O–H groups in total. The molecule has 0 amide bonds. The number of carboxylic acid groups (broad SMARTS) is 1. The number of aliphatic carboxylic acids is 1. The number of fused-ring (bicyclic) bond motifs is 7. The molecule has 0 spiro atoms. The van der Waals surface area contributed by atoms with Crippen molar-refractivity contribution in [2.45, 2.75) is 232 Å². The highest BCUT2D eigenvalue weighted by atomic mass is 16.8. The quantitative estimate of drug-likeness (QED) is 0.0536. The molecule has 8 aliphatic rings. The summed E-state index contributed by atoms with van der Waals surface area (Å²) >= 11 is 0. The number of allylic oxidation sites excluding steroid dienone is 4. The van der Waals surface area contributed by atoms with Gasteiger partial charge >= 0.3 is 17.9 Å². The number of esters is 2. The van der Waals surface area contributed by atoms with Gasteiger partial charge in [0.15, 0.2) is 31.1 Å². The molecule has 3 saturated heterocycles. The van der Waals surface area contributed by atoms with Crippen molar-refractivity contribution in [3.63, 3.8) is 0 Å². The van der Waals surface area contributed by atoms with Gasteiger partial charge in [-0.25, -0.2) is 14.4 Å². The van der Waals surface area contributed by atoms with Crippen LogP contribution in [0.3, 0.4) is 0 Å². The van der Waals surface area contributed by atoms with Crippen molar-refractivity contribution in [2.24, 2.45) is 50.2 Å². The summed E-state index contributed by atoms with van der Waals surface area (Å²) in [6.07, 6.45) is -20.6. The number of hydrogen-bond donors (Lipinski definition) is 11. The van der Waals surface area contributed by atoms with E-state index >= 15 is 0 Å². The van der Waals surface area contributed by atoms with Crippen LogP contribution in [-0.2, 0) is 52.3 Å². The summed E-state index contributed by atoms with van der Waals surface area (Å²) in [5.41, 5.74) is -2.71. The Morgan fingerprint density at radius 3 is 1.89 bits per heavy atom. The minimum Gasteiger partial charge on any atom is -0.479 e. The Morgan fingerprint density at radius 1 is 0.684 bits per heavy atom. The third-order valence-corrected chi connectivity index (χ3v) is 21.2. The molecule has 3 heterocycles. The van der Waals surface area contributed by atoms with Crippen molar-refractivity contribution in [2.75, 3.05) is 19.8 Å². The summed E-state index contributed by atoms with van der Waals surface area (Å²) in [4.78, 5) is 40.3. The van der Waals surface area contributed by atoms with Crippen LogP contribution in [0.1, 0.15) is 121 Å². The number of hydrogen-bond acceptors (Lipinski definition) is 21. The molecule has 0 aromatic carbocycles. The van der Waals surface area contributed by atoms with Gasteiger partial charge < -0.3 is 94.1 Å². The van der Waals surface area contributed by atoms with E-state index in [4.69, 9.17) is 37.9 Å². The van der Waals surface area contributed by atoms with Crippen LogP contribution < -0.4 is 0 Å². The maximum Gasteiger partial charge on any atom is 0.335 e. The SMILES string of the molecule is CC=C(C)C(=O)O[C@H]1[C@H](OC(=O)C(C)=CC)[C@@]2(CO)C(CC1(C)C)C1=CCC3[C@@]4(C)CC[C@H](O[C@@H]5OC(C(=O)O)[C@@H](O)[C@@H](O[C@@H]6OC[C@@H](O)[C@@H](O)C6O)C5O[C@@H]5OC(CO)[C@H](O)[C@@H](O)C5O)C(C)(C)C4CC[C@@]3(C)[C@]1(C)C[C@H]2O. The fourth-order valence-corrected chi connectivity index (χ4v) is 16.1.